The third kappa shape index (κ3) is 4.54. The first-order chi connectivity index (χ1) is 11.8. The number of anilines is 3. The number of hydrogen-bond acceptors (Lipinski definition) is 4. The quantitative estimate of drug-likeness (QED) is 0.740. The van der Waals surface area contributed by atoms with Gasteiger partial charge < -0.3 is 10.6 Å². The SMILES string of the molecule is Cc1cc(Nc2ccc(Cl)c(C(F)(F)F)c2)nc(NC2CCCC2)n1. The van der Waals surface area contributed by atoms with Gasteiger partial charge in [0.25, 0.3) is 0 Å². The highest BCUT2D eigenvalue weighted by atomic mass is 35.5. The Balaban J connectivity index is 1.81. The molecule has 1 saturated carbocycles. The molecule has 1 aromatic heterocycles. The number of aromatic nitrogens is 2. The van der Waals surface area contributed by atoms with Crippen LogP contribution in [-0.4, -0.2) is 16.0 Å². The topological polar surface area (TPSA) is 49.8 Å². The highest BCUT2D eigenvalue weighted by molar-refractivity contribution is 6.31. The second-order valence-corrected chi connectivity index (χ2v) is 6.57. The molecule has 0 unspecified atom stereocenters. The molecule has 0 spiro atoms. The number of alkyl halides is 3. The summed E-state index contributed by atoms with van der Waals surface area (Å²) >= 11 is 5.65. The Bertz CT molecular complexity index is 758. The summed E-state index contributed by atoms with van der Waals surface area (Å²) in [6.07, 6.45) is 0.00307. The molecule has 0 bridgehead atoms. The van der Waals surface area contributed by atoms with E-state index in [9.17, 15) is 13.2 Å². The Morgan fingerprint density at radius 2 is 1.84 bits per heavy atom. The number of nitrogens with one attached hydrogen (secondary N) is 2. The van der Waals surface area contributed by atoms with Crippen LogP contribution in [0.25, 0.3) is 0 Å². The molecule has 8 heteroatoms. The van der Waals surface area contributed by atoms with E-state index in [0.717, 1.165) is 24.6 Å². The molecule has 1 fully saturated rings. The van der Waals surface area contributed by atoms with Crippen LogP contribution in [0.1, 0.15) is 36.9 Å². The molecule has 0 saturated heterocycles. The summed E-state index contributed by atoms with van der Waals surface area (Å²) in [4.78, 5) is 8.71. The molecule has 134 valence electrons. The van der Waals surface area contributed by atoms with E-state index in [1.54, 1.807) is 6.07 Å². The molecule has 1 aliphatic rings. The van der Waals surface area contributed by atoms with Crippen LogP contribution in [0.5, 0.6) is 0 Å². The summed E-state index contributed by atoms with van der Waals surface area (Å²) in [6, 6.07) is 5.71. The van der Waals surface area contributed by atoms with E-state index in [1.807, 2.05) is 6.92 Å². The molecule has 1 aromatic carbocycles. The van der Waals surface area contributed by atoms with Crippen LogP contribution in [0.15, 0.2) is 24.3 Å². The molecule has 4 nitrogen and oxygen atoms in total. The van der Waals surface area contributed by atoms with Gasteiger partial charge in [0, 0.05) is 23.5 Å². The number of halogens is 4. The third-order valence-corrected chi connectivity index (χ3v) is 4.42. The van der Waals surface area contributed by atoms with Crippen molar-refractivity contribution in [2.24, 2.45) is 0 Å². The largest absolute Gasteiger partial charge is 0.417 e. The van der Waals surface area contributed by atoms with E-state index >= 15 is 0 Å². The van der Waals surface area contributed by atoms with Crippen LogP contribution < -0.4 is 10.6 Å². The van der Waals surface area contributed by atoms with Crippen LogP contribution in [-0.2, 0) is 6.18 Å². The van der Waals surface area contributed by atoms with Gasteiger partial charge in [0.1, 0.15) is 5.82 Å². The highest BCUT2D eigenvalue weighted by Gasteiger charge is 2.33. The molecular weight excluding hydrogens is 353 g/mol. The van der Waals surface area contributed by atoms with Gasteiger partial charge in [-0.25, -0.2) is 4.98 Å². The maximum atomic E-state index is 13.0. The molecule has 0 radical (unpaired) electrons. The lowest BCUT2D eigenvalue weighted by Gasteiger charge is -2.15. The van der Waals surface area contributed by atoms with Crippen molar-refractivity contribution in [3.05, 3.63) is 40.5 Å². The Morgan fingerprint density at radius 3 is 2.52 bits per heavy atom. The van der Waals surface area contributed by atoms with Gasteiger partial charge in [-0.3, -0.25) is 0 Å². The van der Waals surface area contributed by atoms with Crippen molar-refractivity contribution >= 4 is 29.1 Å². The van der Waals surface area contributed by atoms with Gasteiger partial charge in [-0.05, 0) is 38.0 Å². The first-order valence-electron chi connectivity index (χ1n) is 8.07. The molecule has 1 aliphatic carbocycles. The van der Waals surface area contributed by atoms with Gasteiger partial charge >= 0.3 is 6.18 Å². The minimum Gasteiger partial charge on any atom is -0.351 e. The van der Waals surface area contributed by atoms with Crippen molar-refractivity contribution in [3.63, 3.8) is 0 Å². The lowest BCUT2D eigenvalue weighted by Crippen LogP contribution is -2.17. The zero-order valence-corrected chi connectivity index (χ0v) is 14.4. The number of nitrogens with zero attached hydrogens (tertiary/aromatic N) is 2. The molecule has 3 rings (SSSR count). The predicted molar refractivity (Wildman–Crippen MR) is 92.4 cm³/mol. The van der Waals surface area contributed by atoms with E-state index in [4.69, 9.17) is 11.6 Å². The molecule has 1 heterocycles. The molecule has 2 N–H and O–H groups in total. The average molecular weight is 371 g/mol. The summed E-state index contributed by atoms with van der Waals surface area (Å²) in [6.45, 7) is 1.82. The Morgan fingerprint density at radius 1 is 1.12 bits per heavy atom. The minimum absolute atomic E-state index is 0.265. The second-order valence-electron chi connectivity index (χ2n) is 6.16. The van der Waals surface area contributed by atoms with Crippen molar-refractivity contribution in [2.45, 2.75) is 44.8 Å². The van der Waals surface area contributed by atoms with Gasteiger partial charge in [0.2, 0.25) is 5.95 Å². The molecule has 25 heavy (non-hydrogen) atoms. The second kappa shape index (κ2) is 7.07. The molecule has 0 amide bonds. The summed E-state index contributed by atoms with van der Waals surface area (Å²) in [5.74, 6) is 0.919. The fourth-order valence-corrected chi connectivity index (χ4v) is 3.14. The van der Waals surface area contributed by atoms with Crippen molar-refractivity contribution in [3.8, 4) is 0 Å². The Labute approximate surface area is 148 Å². The summed E-state index contributed by atoms with van der Waals surface area (Å²) in [5, 5.41) is 5.86. The zero-order chi connectivity index (χ0) is 18.0. The van der Waals surface area contributed by atoms with Crippen LogP contribution in [0.4, 0.5) is 30.6 Å². The Hall–Kier alpha value is -2.02. The van der Waals surface area contributed by atoms with E-state index in [2.05, 4.69) is 20.6 Å². The van der Waals surface area contributed by atoms with Crippen LogP contribution in [0.3, 0.4) is 0 Å². The first-order valence-corrected chi connectivity index (χ1v) is 8.45. The predicted octanol–water partition coefficient (Wildman–Crippen LogP) is 5.56. The molecular formula is C17H18ClF3N4. The average Bonchev–Trinajstić information content (AvgIpc) is 3.00. The van der Waals surface area contributed by atoms with E-state index in [0.29, 0.717) is 17.8 Å². The monoisotopic (exact) mass is 370 g/mol. The lowest BCUT2D eigenvalue weighted by molar-refractivity contribution is -0.137. The highest BCUT2D eigenvalue weighted by Crippen LogP contribution is 2.36. The number of aryl methyl sites for hydroxylation is 1. The third-order valence-electron chi connectivity index (χ3n) is 4.09. The van der Waals surface area contributed by atoms with Crippen molar-refractivity contribution in [1.82, 2.24) is 9.97 Å². The molecule has 2 aromatic rings. The van der Waals surface area contributed by atoms with Crippen molar-refractivity contribution in [1.29, 1.82) is 0 Å². The van der Waals surface area contributed by atoms with Gasteiger partial charge in [0.05, 0.1) is 10.6 Å². The normalized spacial score (nSPS) is 15.4. The van der Waals surface area contributed by atoms with Crippen molar-refractivity contribution in [2.75, 3.05) is 10.6 Å². The Kier molecular flexibility index (Phi) is 5.03. The summed E-state index contributed by atoms with van der Waals surface area (Å²) in [7, 11) is 0. The summed E-state index contributed by atoms with van der Waals surface area (Å²) in [5.41, 5.74) is 0.110. The maximum Gasteiger partial charge on any atom is 0.417 e. The fraction of sp³-hybridized carbons (Fsp3) is 0.412. The number of rotatable bonds is 4. The van der Waals surface area contributed by atoms with Gasteiger partial charge in [-0.2, -0.15) is 18.2 Å². The molecule has 0 atom stereocenters. The van der Waals surface area contributed by atoms with Crippen molar-refractivity contribution < 1.29 is 13.2 Å². The maximum absolute atomic E-state index is 13.0. The smallest absolute Gasteiger partial charge is 0.351 e. The van der Waals surface area contributed by atoms with E-state index in [-0.39, 0.29) is 10.7 Å². The molecule has 0 aliphatic heterocycles. The zero-order valence-electron chi connectivity index (χ0n) is 13.6. The van der Waals surface area contributed by atoms with Crippen LogP contribution in [0, 0.1) is 6.92 Å². The minimum atomic E-state index is -4.51. The van der Waals surface area contributed by atoms with Gasteiger partial charge in [-0.1, -0.05) is 24.4 Å². The number of hydrogen-bond donors (Lipinski definition) is 2. The van der Waals surface area contributed by atoms with Gasteiger partial charge in [-0.15, -0.1) is 0 Å². The first kappa shape index (κ1) is 17.8. The summed E-state index contributed by atoms with van der Waals surface area (Å²) < 4.78 is 38.9. The number of benzene rings is 1. The van der Waals surface area contributed by atoms with Crippen LogP contribution >= 0.6 is 11.6 Å². The fourth-order valence-electron chi connectivity index (χ4n) is 2.92. The van der Waals surface area contributed by atoms with E-state index < -0.39 is 11.7 Å². The lowest BCUT2D eigenvalue weighted by atomic mass is 10.2. The van der Waals surface area contributed by atoms with Gasteiger partial charge in [0.15, 0.2) is 0 Å². The standard InChI is InChI=1S/C17H18ClF3N4/c1-10-8-15(25-16(22-10)24-11-4-2-3-5-11)23-12-6-7-14(18)13(9-12)17(19,20)21/h6-9,11H,2-5H2,1H3,(H2,22,23,24,25). The van der Waals surface area contributed by atoms with Crippen LogP contribution in [0.2, 0.25) is 5.02 Å². The van der Waals surface area contributed by atoms with E-state index in [1.165, 1.54) is 25.0 Å².